The van der Waals surface area contributed by atoms with Gasteiger partial charge in [-0.1, -0.05) is 18.2 Å². The van der Waals surface area contributed by atoms with Crippen LogP contribution in [0, 0.1) is 6.92 Å². The van der Waals surface area contributed by atoms with Crippen LogP contribution in [0.25, 0.3) is 21.0 Å². The molecule has 1 aromatic carbocycles. The maximum atomic E-state index is 11.8. The van der Waals surface area contributed by atoms with Gasteiger partial charge in [0.25, 0.3) is 5.56 Å². The van der Waals surface area contributed by atoms with E-state index < -0.39 is 0 Å². The molecule has 0 saturated heterocycles. The second-order valence-corrected chi connectivity index (χ2v) is 4.53. The summed E-state index contributed by atoms with van der Waals surface area (Å²) >= 11 is 1.49. The Hall–Kier alpha value is -1.32. The lowest BCUT2D eigenvalue weighted by Gasteiger charge is -2.02. The van der Waals surface area contributed by atoms with Gasteiger partial charge in [-0.3, -0.25) is 4.79 Å². The first-order valence-electron chi connectivity index (χ1n) is 4.76. The number of hydrogen-bond donors (Lipinski definition) is 1. The molecule has 0 aliphatic carbocycles. The van der Waals surface area contributed by atoms with Crippen molar-refractivity contribution in [1.29, 1.82) is 0 Å². The van der Waals surface area contributed by atoms with Gasteiger partial charge in [0.1, 0.15) is 4.70 Å². The normalized spacial score (nSPS) is 10.6. The molecule has 0 bridgehead atoms. The molecule has 0 amide bonds. The fourth-order valence-corrected chi connectivity index (χ4v) is 2.73. The Kier molecular flexibility index (Phi) is 2.74. The van der Waals surface area contributed by atoms with Gasteiger partial charge >= 0.3 is 0 Å². The number of aryl methyl sites for hydroxylation is 1. The first-order valence-corrected chi connectivity index (χ1v) is 5.64. The van der Waals surface area contributed by atoms with E-state index in [0.717, 1.165) is 26.6 Å². The van der Waals surface area contributed by atoms with E-state index in [-0.39, 0.29) is 18.0 Å². The number of aromatic amines is 1. The Balaban J connectivity index is 0.000000963. The van der Waals surface area contributed by atoms with Crippen LogP contribution in [0.15, 0.2) is 34.4 Å². The third kappa shape index (κ3) is 1.44. The molecular weight excluding hydrogens is 242 g/mol. The van der Waals surface area contributed by atoms with Gasteiger partial charge in [-0.05, 0) is 23.9 Å². The van der Waals surface area contributed by atoms with Crippen LogP contribution < -0.4 is 5.56 Å². The number of benzene rings is 1. The summed E-state index contributed by atoms with van der Waals surface area (Å²) in [6.45, 7) is 2.01. The number of H-pyrrole nitrogens is 1. The Morgan fingerprint density at radius 3 is 2.81 bits per heavy atom. The zero-order valence-electron chi connectivity index (χ0n) is 8.61. The van der Waals surface area contributed by atoms with Crippen molar-refractivity contribution in [3.8, 4) is 0 Å². The number of rotatable bonds is 0. The molecule has 0 atom stereocenters. The SMILES string of the molecule is Cc1cccc2c1[nH]c(=O)c1sccc12.Cl. The van der Waals surface area contributed by atoms with Crippen molar-refractivity contribution < 1.29 is 0 Å². The molecule has 0 spiro atoms. The van der Waals surface area contributed by atoms with Crippen molar-refractivity contribution in [2.45, 2.75) is 6.92 Å². The van der Waals surface area contributed by atoms with Gasteiger partial charge < -0.3 is 4.98 Å². The second kappa shape index (κ2) is 3.92. The van der Waals surface area contributed by atoms with Gasteiger partial charge in [-0.25, -0.2) is 0 Å². The Morgan fingerprint density at radius 2 is 2.00 bits per heavy atom. The van der Waals surface area contributed by atoms with Crippen LogP contribution >= 0.6 is 23.7 Å². The monoisotopic (exact) mass is 251 g/mol. The smallest absolute Gasteiger partial charge is 0.266 e. The summed E-state index contributed by atoms with van der Waals surface area (Å²) in [4.78, 5) is 14.7. The minimum atomic E-state index is 0. The van der Waals surface area contributed by atoms with Gasteiger partial charge in [0.2, 0.25) is 0 Å². The lowest BCUT2D eigenvalue weighted by molar-refractivity contribution is 1.32. The number of para-hydroxylation sites is 1. The summed E-state index contributed by atoms with van der Waals surface area (Å²) in [5.41, 5.74) is 2.08. The molecule has 0 saturated carbocycles. The molecule has 0 radical (unpaired) electrons. The second-order valence-electron chi connectivity index (χ2n) is 3.61. The summed E-state index contributed by atoms with van der Waals surface area (Å²) in [6, 6.07) is 8.09. The summed E-state index contributed by atoms with van der Waals surface area (Å²) in [5.74, 6) is 0. The number of pyridine rings is 1. The van der Waals surface area contributed by atoms with Crippen LogP contribution in [-0.2, 0) is 0 Å². The van der Waals surface area contributed by atoms with Gasteiger partial charge in [0.15, 0.2) is 0 Å². The van der Waals surface area contributed by atoms with Crippen molar-refractivity contribution >= 4 is 44.7 Å². The molecule has 2 nitrogen and oxygen atoms in total. The van der Waals surface area contributed by atoms with Crippen LogP contribution in [0.5, 0.6) is 0 Å². The molecular formula is C12H10ClNOS. The predicted octanol–water partition coefficient (Wildman–Crippen LogP) is 3.47. The van der Waals surface area contributed by atoms with E-state index in [4.69, 9.17) is 0 Å². The number of thiophene rings is 1. The van der Waals surface area contributed by atoms with E-state index in [1.165, 1.54) is 11.3 Å². The summed E-state index contributed by atoms with van der Waals surface area (Å²) in [5, 5.41) is 4.15. The third-order valence-corrected chi connectivity index (χ3v) is 3.59. The first-order chi connectivity index (χ1) is 7.27. The van der Waals surface area contributed by atoms with E-state index in [2.05, 4.69) is 4.98 Å². The average Bonchev–Trinajstić information content (AvgIpc) is 2.69. The van der Waals surface area contributed by atoms with E-state index in [1.54, 1.807) is 0 Å². The average molecular weight is 252 g/mol. The lowest BCUT2D eigenvalue weighted by atomic mass is 10.1. The number of halogens is 1. The van der Waals surface area contributed by atoms with E-state index in [1.807, 2.05) is 36.6 Å². The lowest BCUT2D eigenvalue weighted by Crippen LogP contribution is -2.04. The van der Waals surface area contributed by atoms with Crippen molar-refractivity contribution in [2.75, 3.05) is 0 Å². The minimum absolute atomic E-state index is 0. The number of fused-ring (bicyclic) bond motifs is 3. The Morgan fingerprint density at radius 1 is 1.19 bits per heavy atom. The van der Waals surface area contributed by atoms with Crippen molar-refractivity contribution in [1.82, 2.24) is 4.98 Å². The molecule has 4 heteroatoms. The molecule has 2 aromatic heterocycles. The van der Waals surface area contributed by atoms with Gasteiger partial charge in [0, 0.05) is 10.8 Å². The summed E-state index contributed by atoms with van der Waals surface area (Å²) in [7, 11) is 0. The molecule has 2 heterocycles. The van der Waals surface area contributed by atoms with E-state index >= 15 is 0 Å². The molecule has 1 N–H and O–H groups in total. The minimum Gasteiger partial charge on any atom is -0.320 e. The standard InChI is InChI=1S/C12H9NOS.ClH/c1-7-3-2-4-8-9-5-6-15-11(9)12(14)13-10(7)8;/h2-6H,1H3,(H,13,14);1H. The zero-order valence-corrected chi connectivity index (χ0v) is 10.2. The van der Waals surface area contributed by atoms with Crippen LogP contribution in [0.2, 0.25) is 0 Å². The Labute approximate surface area is 102 Å². The fraction of sp³-hybridized carbons (Fsp3) is 0.0833. The first kappa shape index (κ1) is 11.2. The summed E-state index contributed by atoms with van der Waals surface area (Å²) < 4.78 is 0.813. The van der Waals surface area contributed by atoms with Crippen LogP contribution in [0.1, 0.15) is 5.56 Å². The molecule has 82 valence electrons. The molecule has 16 heavy (non-hydrogen) atoms. The maximum absolute atomic E-state index is 11.8. The largest absolute Gasteiger partial charge is 0.320 e. The quantitative estimate of drug-likeness (QED) is 0.652. The summed E-state index contributed by atoms with van der Waals surface area (Å²) in [6.07, 6.45) is 0. The molecule has 0 aliphatic rings. The molecule has 0 fully saturated rings. The van der Waals surface area contributed by atoms with Gasteiger partial charge in [-0.15, -0.1) is 23.7 Å². The Bertz CT molecular complexity index is 714. The van der Waals surface area contributed by atoms with Crippen molar-refractivity contribution in [3.63, 3.8) is 0 Å². The van der Waals surface area contributed by atoms with E-state index in [9.17, 15) is 4.79 Å². The highest BCUT2D eigenvalue weighted by Gasteiger charge is 2.06. The highest BCUT2D eigenvalue weighted by atomic mass is 35.5. The molecule has 3 rings (SSSR count). The van der Waals surface area contributed by atoms with Crippen molar-refractivity contribution in [2.24, 2.45) is 0 Å². The van der Waals surface area contributed by atoms with Gasteiger partial charge in [-0.2, -0.15) is 0 Å². The topological polar surface area (TPSA) is 32.9 Å². The highest BCUT2D eigenvalue weighted by Crippen LogP contribution is 2.26. The number of nitrogens with one attached hydrogen (secondary N) is 1. The molecule has 3 aromatic rings. The molecule has 0 aliphatic heterocycles. The van der Waals surface area contributed by atoms with E-state index in [0.29, 0.717) is 0 Å². The molecule has 0 unspecified atom stereocenters. The van der Waals surface area contributed by atoms with Crippen LogP contribution in [-0.4, -0.2) is 4.98 Å². The number of hydrogen-bond acceptors (Lipinski definition) is 2. The predicted molar refractivity (Wildman–Crippen MR) is 71.9 cm³/mol. The third-order valence-electron chi connectivity index (χ3n) is 2.67. The van der Waals surface area contributed by atoms with Crippen LogP contribution in [0.3, 0.4) is 0 Å². The zero-order chi connectivity index (χ0) is 10.4. The highest BCUT2D eigenvalue weighted by molar-refractivity contribution is 7.17. The fourth-order valence-electron chi connectivity index (χ4n) is 1.93. The number of aromatic nitrogens is 1. The van der Waals surface area contributed by atoms with Crippen molar-refractivity contribution in [3.05, 3.63) is 45.6 Å². The maximum Gasteiger partial charge on any atom is 0.266 e. The van der Waals surface area contributed by atoms with Gasteiger partial charge in [0.05, 0.1) is 5.52 Å². The van der Waals surface area contributed by atoms with Crippen LogP contribution in [0.4, 0.5) is 0 Å².